The van der Waals surface area contributed by atoms with Gasteiger partial charge in [0.05, 0.1) is 6.10 Å². The molecular weight excluding hydrogens is 432 g/mol. The summed E-state index contributed by atoms with van der Waals surface area (Å²) in [5.41, 5.74) is 4.61. The summed E-state index contributed by atoms with van der Waals surface area (Å²) in [5.74, 6) is 1.68. The van der Waals surface area contributed by atoms with Gasteiger partial charge in [-0.15, -0.1) is 0 Å². The predicted octanol–water partition coefficient (Wildman–Crippen LogP) is 8.05. The Morgan fingerprint density at radius 1 is 0.686 bits per heavy atom. The first-order chi connectivity index (χ1) is 17.3. The van der Waals surface area contributed by atoms with Crippen molar-refractivity contribution in [1.82, 2.24) is 9.97 Å². The zero-order valence-corrected chi connectivity index (χ0v) is 21.4. The summed E-state index contributed by atoms with van der Waals surface area (Å²) in [6, 6.07) is 16.8. The molecule has 0 radical (unpaired) electrons. The molecule has 4 rings (SSSR count). The van der Waals surface area contributed by atoms with Crippen molar-refractivity contribution >= 4 is 0 Å². The van der Waals surface area contributed by atoms with Crippen LogP contribution in [0.15, 0.2) is 60.9 Å². The van der Waals surface area contributed by atoms with Crippen molar-refractivity contribution in [3.63, 3.8) is 0 Å². The molecule has 2 heterocycles. The van der Waals surface area contributed by atoms with Gasteiger partial charge >= 0.3 is 0 Å². The van der Waals surface area contributed by atoms with Crippen molar-refractivity contribution in [1.29, 1.82) is 0 Å². The molecule has 0 amide bonds. The third-order valence-corrected chi connectivity index (χ3v) is 6.80. The van der Waals surface area contributed by atoms with E-state index in [4.69, 9.17) is 9.47 Å². The van der Waals surface area contributed by atoms with Crippen LogP contribution in [-0.4, -0.2) is 28.8 Å². The molecule has 0 spiro atoms. The Hall–Kier alpha value is -2.72. The molecule has 1 saturated heterocycles. The fourth-order valence-corrected chi connectivity index (χ4v) is 4.46. The number of benzene rings is 2. The maximum Gasteiger partial charge on any atom is 0.159 e. The number of aryl methyl sites for hydroxylation is 1. The second-order valence-electron chi connectivity index (χ2n) is 9.70. The van der Waals surface area contributed by atoms with E-state index in [2.05, 4.69) is 60.2 Å². The number of hydrogen-bond donors (Lipinski definition) is 0. The van der Waals surface area contributed by atoms with Gasteiger partial charge in [-0.05, 0) is 48.1 Å². The first kappa shape index (κ1) is 25.4. The van der Waals surface area contributed by atoms with Crippen LogP contribution in [0.2, 0.25) is 0 Å². The molecule has 0 aliphatic carbocycles. The zero-order chi connectivity index (χ0) is 24.3. The lowest BCUT2D eigenvalue weighted by Crippen LogP contribution is -2.07. The largest absolute Gasteiger partial charge is 0.491 e. The van der Waals surface area contributed by atoms with E-state index in [0.717, 1.165) is 30.0 Å². The highest BCUT2D eigenvalue weighted by atomic mass is 16.6. The van der Waals surface area contributed by atoms with Gasteiger partial charge in [0.1, 0.15) is 18.5 Å². The lowest BCUT2D eigenvalue weighted by atomic mass is 10.0. The van der Waals surface area contributed by atoms with Crippen LogP contribution >= 0.6 is 0 Å². The number of nitrogens with zero attached hydrogens (tertiary/aromatic N) is 2. The minimum atomic E-state index is 0.264. The van der Waals surface area contributed by atoms with E-state index in [0.29, 0.717) is 12.7 Å². The van der Waals surface area contributed by atoms with Gasteiger partial charge in [0.15, 0.2) is 5.82 Å². The average Bonchev–Trinajstić information content (AvgIpc) is 3.67. The number of aromatic nitrogens is 2. The Labute approximate surface area is 211 Å². The molecule has 1 aromatic heterocycles. The molecule has 3 aromatic rings. The maximum absolute atomic E-state index is 5.92. The molecule has 35 heavy (non-hydrogen) atoms. The summed E-state index contributed by atoms with van der Waals surface area (Å²) in [5, 5.41) is 0. The quantitative estimate of drug-likeness (QED) is 0.166. The van der Waals surface area contributed by atoms with Gasteiger partial charge in [0, 0.05) is 18.0 Å². The monoisotopic (exact) mass is 472 g/mol. The molecule has 186 valence electrons. The SMILES string of the molecule is CCCCCCCCc1cnc(-c2ccc(-c3ccc(OC[C@@H]4O[C@H]4CCCC)cc3)cc2)nc1. The lowest BCUT2D eigenvalue weighted by Gasteiger charge is -2.07. The summed E-state index contributed by atoms with van der Waals surface area (Å²) in [6.07, 6.45) is 17.2. The van der Waals surface area contributed by atoms with Crippen molar-refractivity contribution in [3.05, 3.63) is 66.5 Å². The second-order valence-corrected chi connectivity index (χ2v) is 9.70. The average molecular weight is 473 g/mol. The van der Waals surface area contributed by atoms with Gasteiger partial charge in [-0.2, -0.15) is 0 Å². The fourth-order valence-electron chi connectivity index (χ4n) is 4.46. The van der Waals surface area contributed by atoms with E-state index in [1.54, 1.807) is 0 Å². The summed E-state index contributed by atoms with van der Waals surface area (Å²) >= 11 is 0. The van der Waals surface area contributed by atoms with Crippen molar-refractivity contribution in [3.8, 4) is 28.3 Å². The standard InChI is InChI=1S/C31H40N2O2/c1-3-5-7-8-9-10-11-24-21-32-31(33-22-24)27-15-13-25(14-16-27)26-17-19-28(20-18-26)34-23-30-29(35-30)12-6-4-2/h13-22,29-30H,3-12,23H2,1-2H3/t29-,30-/m0/s1. The lowest BCUT2D eigenvalue weighted by molar-refractivity contribution is 0.259. The van der Waals surface area contributed by atoms with E-state index < -0.39 is 0 Å². The molecule has 2 atom stereocenters. The van der Waals surface area contributed by atoms with E-state index in [1.165, 1.54) is 68.1 Å². The topological polar surface area (TPSA) is 47.5 Å². The molecule has 0 N–H and O–H groups in total. The van der Waals surface area contributed by atoms with Crippen molar-refractivity contribution in [2.24, 2.45) is 0 Å². The van der Waals surface area contributed by atoms with Crippen LogP contribution in [0.1, 0.15) is 77.2 Å². The van der Waals surface area contributed by atoms with Crippen LogP contribution < -0.4 is 4.74 Å². The van der Waals surface area contributed by atoms with Gasteiger partial charge in [-0.3, -0.25) is 0 Å². The molecule has 0 saturated carbocycles. The Balaban J connectivity index is 1.24. The van der Waals surface area contributed by atoms with Gasteiger partial charge < -0.3 is 9.47 Å². The Bertz CT molecular complexity index is 1000. The van der Waals surface area contributed by atoms with Crippen LogP contribution in [0, 0.1) is 0 Å². The summed E-state index contributed by atoms with van der Waals surface area (Å²) < 4.78 is 11.6. The van der Waals surface area contributed by atoms with Crippen LogP contribution in [0.5, 0.6) is 5.75 Å². The van der Waals surface area contributed by atoms with Crippen LogP contribution in [0.4, 0.5) is 0 Å². The highest BCUT2D eigenvalue weighted by molar-refractivity contribution is 5.68. The van der Waals surface area contributed by atoms with Gasteiger partial charge in [-0.1, -0.05) is 95.2 Å². The second kappa shape index (κ2) is 13.4. The smallest absolute Gasteiger partial charge is 0.159 e. The number of ether oxygens (including phenoxy) is 2. The molecule has 1 aliphatic heterocycles. The molecule has 1 aliphatic rings. The molecule has 2 aromatic carbocycles. The summed E-state index contributed by atoms with van der Waals surface area (Å²) in [4.78, 5) is 9.23. The van der Waals surface area contributed by atoms with E-state index >= 15 is 0 Å². The van der Waals surface area contributed by atoms with Crippen molar-refractivity contribution in [2.75, 3.05) is 6.61 Å². The minimum absolute atomic E-state index is 0.264. The van der Waals surface area contributed by atoms with E-state index in [1.807, 2.05) is 24.5 Å². The van der Waals surface area contributed by atoms with E-state index in [-0.39, 0.29) is 6.10 Å². The highest BCUT2D eigenvalue weighted by Crippen LogP contribution is 2.29. The van der Waals surface area contributed by atoms with Crippen LogP contribution in [0.25, 0.3) is 22.5 Å². The van der Waals surface area contributed by atoms with Crippen LogP contribution in [-0.2, 0) is 11.2 Å². The van der Waals surface area contributed by atoms with E-state index in [9.17, 15) is 0 Å². The fraction of sp³-hybridized carbons (Fsp3) is 0.484. The van der Waals surface area contributed by atoms with Crippen molar-refractivity contribution < 1.29 is 9.47 Å². The highest BCUT2D eigenvalue weighted by Gasteiger charge is 2.38. The van der Waals surface area contributed by atoms with Crippen LogP contribution in [0.3, 0.4) is 0 Å². The van der Waals surface area contributed by atoms with Crippen molar-refractivity contribution in [2.45, 2.75) is 90.3 Å². The molecule has 4 heteroatoms. The molecule has 0 bridgehead atoms. The van der Waals surface area contributed by atoms with Gasteiger partial charge in [-0.25, -0.2) is 9.97 Å². The third kappa shape index (κ3) is 7.90. The zero-order valence-electron chi connectivity index (χ0n) is 21.4. The van der Waals surface area contributed by atoms with Gasteiger partial charge in [0.25, 0.3) is 0 Å². The number of hydrogen-bond acceptors (Lipinski definition) is 4. The molecule has 4 nitrogen and oxygen atoms in total. The minimum Gasteiger partial charge on any atom is -0.491 e. The molecular formula is C31H40N2O2. The first-order valence-electron chi connectivity index (χ1n) is 13.6. The normalized spacial score (nSPS) is 16.9. The number of rotatable bonds is 15. The third-order valence-electron chi connectivity index (χ3n) is 6.80. The summed E-state index contributed by atoms with van der Waals surface area (Å²) in [6.45, 7) is 5.11. The summed E-state index contributed by atoms with van der Waals surface area (Å²) in [7, 11) is 0. The Kier molecular flexibility index (Phi) is 9.71. The first-order valence-corrected chi connectivity index (χ1v) is 13.6. The van der Waals surface area contributed by atoms with Gasteiger partial charge in [0.2, 0.25) is 0 Å². The Morgan fingerprint density at radius 3 is 1.97 bits per heavy atom. The maximum atomic E-state index is 5.92. The number of epoxide rings is 1. The molecule has 1 fully saturated rings. The predicted molar refractivity (Wildman–Crippen MR) is 144 cm³/mol. The Morgan fingerprint density at radius 2 is 1.29 bits per heavy atom. The molecule has 0 unspecified atom stereocenters. The number of unbranched alkanes of at least 4 members (excludes halogenated alkanes) is 6.